The van der Waals surface area contributed by atoms with Crippen LogP contribution in [0, 0.1) is 0 Å². The first-order valence-electron chi connectivity index (χ1n) is 3.56. The number of esters is 1. The molecule has 0 aliphatic carbocycles. The molecule has 1 aromatic rings. The summed E-state index contributed by atoms with van der Waals surface area (Å²) in [7, 11) is 0. The summed E-state index contributed by atoms with van der Waals surface area (Å²) in [5, 5.41) is 1.78. The Balaban J connectivity index is 2.59. The number of nitrogens with zero attached hydrogens (tertiary/aromatic N) is 1. The first-order valence-corrected chi connectivity index (χ1v) is 5.53. The Morgan fingerprint density at radius 3 is 3.17 bits per heavy atom. The van der Waals surface area contributed by atoms with Crippen LogP contribution < -0.4 is 5.73 Å². The second kappa shape index (κ2) is 4.40. The number of hydrogen-bond acceptors (Lipinski definition) is 4. The molecule has 2 N–H and O–H groups in total. The molecule has 12 heavy (non-hydrogen) atoms. The molecule has 0 saturated heterocycles. The van der Waals surface area contributed by atoms with Gasteiger partial charge in [-0.25, -0.2) is 0 Å². The molecule has 0 bridgehead atoms. The molecule has 0 aromatic carbocycles. The predicted octanol–water partition coefficient (Wildman–Crippen LogP) is -0.299. The summed E-state index contributed by atoms with van der Waals surface area (Å²) in [6, 6.07) is -0.703. The summed E-state index contributed by atoms with van der Waals surface area (Å²) in [6.45, 7) is 2.11. The van der Waals surface area contributed by atoms with Crippen molar-refractivity contribution in [2.75, 3.05) is 6.61 Å². The molecular weight excluding hydrogens is 223 g/mol. The van der Waals surface area contributed by atoms with Gasteiger partial charge in [0, 0.05) is 0 Å². The zero-order valence-corrected chi connectivity index (χ0v) is 8.40. The summed E-state index contributed by atoms with van der Waals surface area (Å²) in [5.41, 5.74) is 6.19. The average molecular weight is 233 g/mol. The SMILES string of the molecule is CCOC(=O)C(N)c1c[se]cn1. The average Bonchev–Trinajstić information content (AvgIpc) is 2.55. The maximum atomic E-state index is 11.1. The van der Waals surface area contributed by atoms with E-state index in [-0.39, 0.29) is 14.5 Å². The summed E-state index contributed by atoms with van der Waals surface area (Å²) >= 11 is 0.263. The van der Waals surface area contributed by atoms with E-state index in [1.54, 1.807) is 12.0 Å². The molecular formula is C7H10N2O2Se. The van der Waals surface area contributed by atoms with Crippen molar-refractivity contribution in [3.63, 3.8) is 0 Å². The van der Waals surface area contributed by atoms with Crippen molar-refractivity contribution >= 4 is 20.5 Å². The molecule has 5 heteroatoms. The molecule has 0 aliphatic rings. The van der Waals surface area contributed by atoms with Gasteiger partial charge in [-0.3, -0.25) is 0 Å². The first-order chi connectivity index (χ1) is 5.75. The Kier molecular flexibility index (Phi) is 3.46. The molecule has 0 saturated carbocycles. The normalized spacial score (nSPS) is 12.5. The van der Waals surface area contributed by atoms with Crippen LogP contribution in [0.25, 0.3) is 0 Å². The third kappa shape index (κ3) is 2.17. The van der Waals surface area contributed by atoms with E-state index in [0.29, 0.717) is 12.3 Å². The van der Waals surface area contributed by atoms with Crippen LogP contribution in [0.2, 0.25) is 0 Å². The van der Waals surface area contributed by atoms with Gasteiger partial charge in [-0.2, -0.15) is 0 Å². The van der Waals surface area contributed by atoms with Crippen molar-refractivity contribution in [2.24, 2.45) is 5.73 Å². The van der Waals surface area contributed by atoms with Gasteiger partial charge in [-0.15, -0.1) is 0 Å². The maximum absolute atomic E-state index is 11.1. The van der Waals surface area contributed by atoms with Gasteiger partial charge in [0.05, 0.1) is 0 Å². The van der Waals surface area contributed by atoms with Crippen LogP contribution in [0.4, 0.5) is 0 Å². The molecule has 0 spiro atoms. The van der Waals surface area contributed by atoms with Crippen molar-refractivity contribution in [3.8, 4) is 0 Å². The molecule has 1 heterocycles. The van der Waals surface area contributed by atoms with Crippen molar-refractivity contribution in [1.29, 1.82) is 0 Å². The van der Waals surface area contributed by atoms with Crippen molar-refractivity contribution in [1.82, 2.24) is 4.98 Å². The third-order valence-corrected chi connectivity index (χ3v) is 2.58. The number of nitrogens with two attached hydrogens (primary N) is 1. The van der Waals surface area contributed by atoms with Crippen LogP contribution in [-0.4, -0.2) is 32.1 Å². The van der Waals surface area contributed by atoms with E-state index in [4.69, 9.17) is 10.5 Å². The Hall–Kier alpha value is -0.641. The summed E-state index contributed by atoms with van der Waals surface area (Å²) in [5.74, 6) is -0.404. The van der Waals surface area contributed by atoms with Crippen LogP contribution in [-0.2, 0) is 9.53 Å². The molecule has 0 amide bonds. The van der Waals surface area contributed by atoms with Gasteiger partial charge in [0.25, 0.3) is 0 Å². The number of ether oxygens (including phenoxy) is 1. The molecule has 0 radical (unpaired) electrons. The van der Waals surface area contributed by atoms with Crippen LogP contribution in [0.15, 0.2) is 10.0 Å². The van der Waals surface area contributed by atoms with E-state index in [2.05, 4.69) is 4.98 Å². The fourth-order valence-corrected chi connectivity index (χ4v) is 1.97. The molecule has 1 unspecified atom stereocenters. The minimum absolute atomic E-state index is 0.263. The second-order valence-corrected chi connectivity index (χ2v) is 3.65. The predicted molar refractivity (Wildman–Crippen MR) is 44.7 cm³/mol. The fourth-order valence-electron chi connectivity index (χ4n) is 0.728. The monoisotopic (exact) mass is 234 g/mol. The molecule has 4 nitrogen and oxygen atoms in total. The number of rotatable bonds is 3. The van der Waals surface area contributed by atoms with Crippen molar-refractivity contribution in [2.45, 2.75) is 13.0 Å². The third-order valence-electron chi connectivity index (χ3n) is 1.31. The van der Waals surface area contributed by atoms with Crippen LogP contribution in [0.5, 0.6) is 0 Å². The Morgan fingerprint density at radius 1 is 1.92 bits per heavy atom. The standard InChI is InChI=1S/C7H10N2O2Se/c1-2-11-7(10)6(8)5-3-12-4-9-5/h3-4,6H,2,8H2,1H3. The Morgan fingerprint density at radius 2 is 2.67 bits per heavy atom. The minimum atomic E-state index is -0.703. The van der Waals surface area contributed by atoms with Gasteiger partial charge < -0.3 is 0 Å². The van der Waals surface area contributed by atoms with E-state index in [0.717, 1.165) is 0 Å². The van der Waals surface area contributed by atoms with E-state index in [9.17, 15) is 4.79 Å². The number of carbonyl (C=O) groups is 1. The van der Waals surface area contributed by atoms with Crippen LogP contribution >= 0.6 is 0 Å². The number of carbonyl (C=O) groups excluding carboxylic acids is 1. The molecule has 1 aromatic heterocycles. The summed E-state index contributed by atoms with van der Waals surface area (Å²) in [4.78, 5) is 16.9. The quantitative estimate of drug-likeness (QED) is 0.575. The van der Waals surface area contributed by atoms with E-state index in [1.165, 1.54) is 0 Å². The second-order valence-electron chi connectivity index (χ2n) is 2.14. The Labute approximate surface area is 76.5 Å². The number of aromatic nitrogens is 1. The summed E-state index contributed by atoms with van der Waals surface area (Å²) in [6.07, 6.45) is 0. The molecule has 0 aliphatic heterocycles. The van der Waals surface area contributed by atoms with Gasteiger partial charge >= 0.3 is 76.0 Å². The molecule has 1 atom stereocenters. The zero-order valence-electron chi connectivity index (χ0n) is 6.69. The van der Waals surface area contributed by atoms with E-state index < -0.39 is 12.0 Å². The molecule has 0 fully saturated rings. The van der Waals surface area contributed by atoms with Gasteiger partial charge in [0.2, 0.25) is 0 Å². The zero-order chi connectivity index (χ0) is 8.97. The first kappa shape index (κ1) is 9.45. The van der Waals surface area contributed by atoms with Gasteiger partial charge in [-0.05, 0) is 0 Å². The fraction of sp³-hybridized carbons (Fsp3) is 0.429. The van der Waals surface area contributed by atoms with Crippen molar-refractivity contribution < 1.29 is 9.53 Å². The number of hydrogen-bond donors (Lipinski definition) is 1. The van der Waals surface area contributed by atoms with Gasteiger partial charge in [-0.1, -0.05) is 0 Å². The molecule has 66 valence electrons. The topological polar surface area (TPSA) is 65.2 Å². The van der Waals surface area contributed by atoms with Crippen LogP contribution in [0.3, 0.4) is 0 Å². The van der Waals surface area contributed by atoms with Crippen molar-refractivity contribution in [3.05, 3.63) is 15.7 Å². The summed E-state index contributed by atoms with van der Waals surface area (Å²) < 4.78 is 4.74. The van der Waals surface area contributed by atoms with Crippen LogP contribution in [0.1, 0.15) is 18.7 Å². The molecule has 1 rings (SSSR count). The van der Waals surface area contributed by atoms with Gasteiger partial charge in [0.1, 0.15) is 0 Å². The Bertz CT molecular complexity index is 248. The van der Waals surface area contributed by atoms with Gasteiger partial charge in [0.15, 0.2) is 0 Å². The van der Waals surface area contributed by atoms with E-state index in [1.807, 2.05) is 4.94 Å². The van der Waals surface area contributed by atoms with E-state index >= 15 is 0 Å².